The largest absolute Gasteiger partial charge is 0.349 e. The van der Waals surface area contributed by atoms with Gasteiger partial charge in [-0.15, -0.1) is 6.58 Å². The highest BCUT2D eigenvalue weighted by Crippen LogP contribution is 2.05. The molecule has 0 fully saturated rings. The quantitative estimate of drug-likeness (QED) is 0.588. The zero-order chi connectivity index (χ0) is 11.1. The van der Waals surface area contributed by atoms with Crippen LogP contribution in [0.5, 0.6) is 0 Å². The molecule has 2 nitrogen and oxygen atoms in total. The minimum Gasteiger partial charge on any atom is -0.349 e. The molecule has 0 heterocycles. The number of hydrogen-bond acceptors (Lipinski definition) is 1. The first-order valence-corrected chi connectivity index (χ1v) is 4.86. The van der Waals surface area contributed by atoms with Crippen molar-refractivity contribution in [3.05, 3.63) is 54.1 Å². The molecule has 1 aromatic rings. The zero-order valence-corrected chi connectivity index (χ0v) is 8.86. The molecular weight excluding hydrogens is 186 g/mol. The summed E-state index contributed by atoms with van der Waals surface area (Å²) in [6.07, 6.45) is 4.97. The zero-order valence-electron chi connectivity index (χ0n) is 8.86. The molecule has 0 spiro atoms. The molecule has 0 radical (unpaired) electrons. The molecule has 2 heteroatoms. The number of nitrogens with one attached hydrogen (secondary N) is 1. The fourth-order valence-corrected chi connectivity index (χ4v) is 1.18. The van der Waals surface area contributed by atoms with Crippen molar-refractivity contribution in [2.45, 2.75) is 6.92 Å². The molecule has 0 aliphatic heterocycles. The van der Waals surface area contributed by atoms with Crippen LogP contribution in [0.4, 0.5) is 0 Å². The normalized spacial score (nSPS) is 10.2. The second-order valence-corrected chi connectivity index (χ2v) is 3.28. The topological polar surface area (TPSA) is 29.1 Å². The van der Waals surface area contributed by atoms with Crippen LogP contribution in [0.15, 0.2) is 43.0 Å². The first-order chi connectivity index (χ1) is 7.22. The number of aryl methyl sites for hydroxylation is 1. The molecule has 78 valence electrons. The summed E-state index contributed by atoms with van der Waals surface area (Å²) in [7, 11) is 0. The number of rotatable bonds is 4. The third kappa shape index (κ3) is 4.27. The number of carbonyl (C=O) groups is 1. The Morgan fingerprint density at radius 1 is 1.53 bits per heavy atom. The van der Waals surface area contributed by atoms with Crippen LogP contribution in [-0.2, 0) is 4.79 Å². The lowest BCUT2D eigenvalue weighted by Crippen LogP contribution is -2.20. The molecule has 0 aromatic heterocycles. The molecule has 1 aromatic carbocycles. The van der Waals surface area contributed by atoms with Crippen molar-refractivity contribution in [3.8, 4) is 0 Å². The summed E-state index contributed by atoms with van der Waals surface area (Å²) in [5.41, 5.74) is 2.22. The van der Waals surface area contributed by atoms with Crippen LogP contribution < -0.4 is 5.32 Å². The van der Waals surface area contributed by atoms with E-state index >= 15 is 0 Å². The minimum absolute atomic E-state index is 0.101. The predicted molar refractivity (Wildman–Crippen MR) is 63.4 cm³/mol. The van der Waals surface area contributed by atoms with Crippen LogP contribution in [0.2, 0.25) is 0 Å². The standard InChI is InChI=1S/C13H15NO/c1-3-9-14-13(15)8-7-12-6-4-5-11(2)10-12/h3-8,10H,1,9H2,2H3,(H,14,15). The lowest BCUT2D eigenvalue weighted by Gasteiger charge is -1.97. The van der Waals surface area contributed by atoms with E-state index in [2.05, 4.69) is 11.9 Å². The second-order valence-electron chi connectivity index (χ2n) is 3.28. The summed E-state index contributed by atoms with van der Waals surface area (Å²) in [5, 5.41) is 2.67. The molecule has 0 saturated heterocycles. The Bertz CT molecular complexity index is 380. The van der Waals surface area contributed by atoms with Gasteiger partial charge in [-0.1, -0.05) is 35.9 Å². The second kappa shape index (κ2) is 5.81. The van der Waals surface area contributed by atoms with Crippen molar-refractivity contribution >= 4 is 12.0 Å². The highest BCUT2D eigenvalue weighted by atomic mass is 16.1. The molecule has 0 unspecified atom stereocenters. The van der Waals surface area contributed by atoms with Gasteiger partial charge in [0.05, 0.1) is 0 Å². The van der Waals surface area contributed by atoms with E-state index in [1.165, 1.54) is 11.6 Å². The Labute approximate surface area is 90.3 Å². The highest BCUT2D eigenvalue weighted by molar-refractivity contribution is 5.91. The van der Waals surface area contributed by atoms with Gasteiger partial charge in [-0.3, -0.25) is 4.79 Å². The maximum atomic E-state index is 11.2. The number of benzene rings is 1. The van der Waals surface area contributed by atoms with Crippen LogP contribution in [-0.4, -0.2) is 12.5 Å². The number of amides is 1. The first-order valence-electron chi connectivity index (χ1n) is 4.86. The Hall–Kier alpha value is -1.83. The van der Waals surface area contributed by atoms with Crippen LogP contribution >= 0.6 is 0 Å². The van der Waals surface area contributed by atoms with Gasteiger partial charge in [0.25, 0.3) is 0 Å². The average molecular weight is 201 g/mol. The van der Waals surface area contributed by atoms with E-state index in [-0.39, 0.29) is 5.91 Å². The summed E-state index contributed by atoms with van der Waals surface area (Å²) < 4.78 is 0. The lowest BCUT2D eigenvalue weighted by molar-refractivity contribution is -0.116. The Morgan fingerprint density at radius 2 is 2.33 bits per heavy atom. The van der Waals surface area contributed by atoms with E-state index in [1.807, 2.05) is 31.2 Å². The monoisotopic (exact) mass is 201 g/mol. The maximum Gasteiger partial charge on any atom is 0.244 e. The molecule has 15 heavy (non-hydrogen) atoms. The average Bonchev–Trinajstić information content (AvgIpc) is 2.23. The van der Waals surface area contributed by atoms with Crippen LogP contribution in [0.1, 0.15) is 11.1 Å². The SMILES string of the molecule is C=CCNC(=O)C=Cc1cccc(C)c1. The predicted octanol–water partition coefficient (Wildman–Crippen LogP) is 2.31. The van der Waals surface area contributed by atoms with Crippen molar-refractivity contribution in [1.29, 1.82) is 0 Å². The van der Waals surface area contributed by atoms with Gasteiger partial charge in [-0.2, -0.15) is 0 Å². The van der Waals surface area contributed by atoms with Crippen LogP contribution in [0, 0.1) is 6.92 Å². The Balaban J connectivity index is 2.57. The third-order valence-electron chi connectivity index (χ3n) is 1.89. The number of hydrogen-bond donors (Lipinski definition) is 1. The fraction of sp³-hybridized carbons (Fsp3) is 0.154. The lowest BCUT2D eigenvalue weighted by atomic mass is 10.1. The van der Waals surface area contributed by atoms with Crippen LogP contribution in [0.3, 0.4) is 0 Å². The number of carbonyl (C=O) groups excluding carboxylic acids is 1. The van der Waals surface area contributed by atoms with Gasteiger partial charge in [0.1, 0.15) is 0 Å². The van der Waals surface area contributed by atoms with Gasteiger partial charge in [0, 0.05) is 12.6 Å². The van der Waals surface area contributed by atoms with Crippen molar-refractivity contribution in [2.24, 2.45) is 0 Å². The molecule has 1 rings (SSSR count). The highest BCUT2D eigenvalue weighted by Gasteiger charge is 1.92. The summed E-state index contributed by atoms with van der Waals surface area (Å²) in [6, 6.07) is 7.98. The van der Waals surface area contributed by atoms with Crippen molar-refractivity contribution in [1.82, 2.24) is 5.32 Å². The van der Waals surface area contributed by atoms with E-state index < -0.39 is 0 Å². The van der Waals surface area contributed by atoms with E-state index in [9.17, 15) is 4.79 Å². The summed E-state index contributed by atoms with van der Waals surface area (Å²) >= 11 is 0. The van der Waals surface area contributed by atoms with Gasteiger partial charge >= 0.3 is 0 Å². The fourth-order valence-electron chi connectivity index (χ4n) is 1.18. The van der Waals surface area contributed by atoms with Gasteiger partial charge < -0.3 is 5.32 Å². The molecule has 0 saturated carbocycles. The van der Waals surface area contributed by atoms with Gasteiger partial charge in [0.2, 0.25) is 5.91 Å². The minimum atomic E-state index is -0.101. The van der Waals surface area contributed by atoms with Gasteiger partial charge in [-0.05, 0) is 18.6 Å². The van der Waals surface area contributed by atoms with E-state index in [0.717, 1.165) is 5.56 Å². The molecule has 1 amide bonds. The molecule has 0 aliphatic rings. The summed E-state index contributed by atoms with van der Waals surface area (Å²) in [6.45, 7) is 6.04. The van der Waals surface area contributed by atoms with E-state index in [1.54, 1.807) is 12.2 Å². The van der Waals surface area contributed by atoms with Gasteiger partial charge in [0.15, 0.2) is 0 Å². The molecule has 0 bridgehead atoms. The summed E-state index contributed by atoms with van der Waals surface area (Å²) in [5.74, 6) is -0.101. The Kier molecular flexibility index (Phi) is 4.35. The smallest absolute Gasteiger partial charge is 0.244 e. The summed E-state index contributed by atoms with van der Waals surface area (Å²) in [4.78, 5) is 11.2. The maximum absolute atomic E-state index is 11.2. The first kappa shape index (κ1) is 11.2. The van der Waals surface area contributed by atoms with E-state index in [0.29, 0.717) is 6.54 Å². The molecule has 0 aliphatic carbocycles. The van der Waals surface area contributed by atoms with Crippen molar-refractivity contribution < 1.29 is 4.79 Å². The van der Waals surface area contributed by atoms with Crippen molar-refractivity contribution in [3.63, 3.8) is 0 Å². The van der Waals surface area contributed by atoms with Crippen LogP contribution in [0.25, 0.3) is 6.08 Å². The Morgan fingerprint density at radius 3 is 3.00 bits per heavy atom. The van der Waals surface area contributed by atoms with E-state index in [4.69, 9.17) is 0 Å². The third-order valence-corrected chi connectivity index (χ3v) is 1.89. The molecular formula is C13H15NO. The molecule has 1 N–H and O–H groups in total. The van der Waals surface area contributed by atoms with Gasteiger partial charge in [-0.25, -0.2) is 0 Å². The molecule has 0 atom stereocenters. The van der Waals surface area contributed by atoms with Crippen molar-refractivity contribution in [2.75, 3.05) is 6.54 Å².